The number of hydrogen-bond acceptors (Lipinski definition) is 3. The maximum absolute atomic E-state index is 11.5. The predicted molar refractivity (Wildman–Crippen MR) is 76.5 cm³/mol. The number of halogens is 1. The van der Waals surface area contributed by atoms with Crippen molar-refractivity contribution in [2.45, 2.75) is 20.3 Å². The van der Waals surface area contributed by atoms with Crippen LogP contribution in [0.5, 0.6) is 0 Å². The molecule has 0 aliphatic heterocycles. The van der Waals surface area contributed by atoms with E-state index in [0.29, 0.717) is 17.3 Å². The topological polar surface area (TPSA) is 70.2 Å². The van der Waals surface area contributed by atoms with Gasteiger partial charge in [0.1, 0.15) is 0 Å². The third-order valence-electron chi connectivity index (χ3n) is 2.35. The lowest BCUT2D eigenvalue weighted by Crippen LogP contribution is -2.42. The van der Waals surface area contributed by atoms with Gasteiger partial charge >= 0.3 is 6.03 Å². The summed E-state index contributed by atoms with van der Waals surface area (Å²) < 4.78 is 0. The first kappa shape index (κ1) is 15.3. The van der Waals surface area contributed by atoms with E-state index in [-0.39, 0.29) is 6.54 Å². The van der Waals surface area contributed by atoms with Crippen LogP contribution in [0, 0.1) is 6.92 Å². The lowest BCUT2D eigenvalue weighted by atomic mass is 10.2. The number of aryl methyl sites for hydroxylation is 1. The number of carbonyl (C=O) groups excluding carboxylic acids is 2. The molecule has 0 saturated carbocycles. The van der Waals surface area contributed by atoms with Gasteiger partial charge in [0.15, 0.2) is 0 Å². The molecule has 0 aliphatic carbocycles. The third-order valence-corrected chi connectivity index (χ3v) is 2.67. The summed E-state index contributed by atoms with van der Waals surface area (Å²) in [5.41, 5.74) is 1.70. The van der Waals surface area contributed by atoms with Crippen LogP contribution < -0.4 is 16.0 Å². The zero-order valence-corrected chi connectivity index (χ0v) is 11.8. The Labute approximate surface area is 117 Å². The number of carbonyl (C=O) groups is 2. The van der Waals surface area contributed by atoms with E-state index in [0.717, 1.165) is 12.0 Å². The molecule has 0 spiro atoms. The largest absolute Gasteiger partial charge is 0.375 e. The minimum absolute atomic E-state index is 0.0116. The molecule has 19 heavy (non-hydrogen) atoms. The van der Waals surface area contributed by atoms with E-state index in [1.807, 2.05) is 19.9 Å². The monoisotopic (exact) mass is 283 g/mol. The number of imide groups is 1. The molecule has 0 saturated heterocycles. The Bertz CT molecular complexity index is 463. The van der Waals surface area contributed by atoms with Gasteiger partial charge in [-0.15, -0.1) is 0 Å². The summed E-state index contributed by atoms with van der Waals surface area (Å²) in [6.07, 6.45) is 0.818. The summed E-state index contributed by atoms with van der Waals surface area (Å²) in [4.78, 5) is 22.7. The van der Waals surface area contributed by atoms with Crippen LogP contribution in [-0.2, 0) is 4.79 Å². The van der Waals surface area contributed by atoms with Crippen LogP contribution >= 0.6 is 11.6 Å². The van der Waals surface area contributed by atoms with E-state index < -0.39 is 11.9 Å². The second-order valence-corrected chi connectivity index (χ2v) is 4.55. The van der Waals surface area contributed by atoms with Gasteiger partial charge in [-0.3, -0.25) is 10.1 Å². The SMILES string of the molecule is CCCNC(=O)NC(=O)CNc1ccc(C)cc1Cl. The van der Waals surface area contributed by atoms with Gasteiger partial charge in [0, 0.05) is 6.54 Å². The second-order valence-electron chi connectivity index (χ2n) is 4.14. The Morgan fingerprint density at radius 1 is 1.32 bits per heavy atom. The summed E-state index contributed by atoms with van der Waals surface area (Å²) in [6.45, 7) is 4.39. The van der Waals surface area contributed by atoms with Crippen molar-refractivity contribution in [3.05, 3.63) is 28.8 Å². The highest BCUT2D eigenvalue weighted by Crippen LogP contribution is 2.22. The fourth-order valence-corrected chi connectivity index (χ4v) is 1.69. The minimum Gasteiger partial charge on any atom is -0.375 e. The van der Waals surface area contributed by atoms with Crippen molar-refractivity contribution in [1.29, 1.82) is 0 Å². The quantitative estimate of drug-likeness (QED) is 0.776. The molecular formula is C13H18ClN3O2. The zero-order valence-electron chi connectivity index (χ0n) is 11.0. The molecule has 104 valence electrons. The number of hydrogen-bond donors (Lipinski definition) is 3. The Kier molecular flexibility index (Phi) is 6.15. The average Bonchev–Trinajstić information content (AvgIpc) is 2.35. The number of amides is 3. The molecule has 1 aromatic carbocycles. The summed E-state index contributed by atoms with van der Waals surface area (Å²) in [5.74, 6) is -0.412. The highest BCUT2D eigenvalue weighted by Gasteiger charge is 2.07. The van der Waals surface area contributed by atoms with E-state index in [9.17, 15) is 9.59 Å². The number of urea groups is 1. The molecule has 0 aliphatic rings. The molecule has 0 bridgehead atoms. The minimum atomic E-state index is -0.483. The normalized spacial score (nSPS) is 9.84. The standard InChI is InChI=1S/C13H18ClN3O2/c1-3-6-15-13(19)17-12(18)8-16-11-5-4-9(2)7-10(11)14/h4-5,7,16H,3,6,8H2,1-2H3,(H2,15,17,18,19). The molecule has 0 atom stereocenters. The van der Waals surface area contributed by atoms with Crippen LogP contribution in [0.25, 0.3) is 0 Å². The summed E-state index contributed by atoms with van der Waals surface area (Å²) in [5, 5.41) is 8.20. The Morgan fingerprint density at radius 3 is 2.68 bits per heavy atom. The van der Waals surface area contributed by atoms with E-state index in [1.165, 1.54) is 0 Å². The Hall–Kier alpha value is -1.75. The van der Waals surface area contributed by atoms with Gasteiger partial charge < -0.3 is 10.6 Å². The lowest BCUT2D eigenvalue weighted by Gasteiger charge is -2.09. The van der Waals surface area contributed by atoms with Gasteiger partial charge in [-0.05, 0) is 31.0 Å². The molecule has 1 aromatic rings. The van der Waals surface area contributed by atoms with Gasteiger partial charge in [0.05, 0.1) is 17.3 Å². The van der Waals surface area contributed by atoms with Crippen molar-refractivity contribution in [2.75, 3.05) is 18.4 Å². The summed E-state index contributed by atoms with van der Waals surface area (Å²) in [7, 11) is 0. The van der Waals surface area contributed by atoms with Crippen LogP contribution in [0.4, 0.5) is 10.5 Å². The van der Waals surface area contributed by atoms with E-state index >= 15 is 0 Å². The van der Waals surface area contributed by atoms with Crippen molar-refractivity contribution in [2.24, 2.45) is 0 Å². The van der Waals surface area contributed by atoms with Crippen LogP contribution in [0.2, 0.25) is 5.02 Å². The molecule has 0 fully saturated rings. The zero-order chi connectivity index (χ0) is 14.3. The maximum atomic E-state index is 11.5. The number of nitrogens with one attached hydrogen (secondary N) is 3. The van der Waals surface area contributed by atoms with Crippen molar-refractivity contribution < 1.29 is 9.59 Å². The van der Waals surface area contributed by atoms with Gasteiger partial charge in [-0.25, -0.2) is 4.79 Å². The van der Waals surface area contributed by atoms with Crippen molar-refractivity contribution in [1.82, 2.24) is 10.6 Å². The third kappa shape index (κ3) is 5.61. The van der Waals surface area contributed by atoms with Crippen LogP contribution in [0.1, 0.15) is 18.9 Å². The fraction of sp³-hybridized carbons (Fsp3) is 0.385. The highest BCUT2D eigenvalue weighted by molar-refractivity contribution is 6.33. The van der Waals surface area contributed by atoms with Gasteiger partial charge in [-0.1, -0.05) is 24.6 Å². The molecular weight excluding hydrogens is 266 g/mol. The molecule has 3 N–H and O–H groups in total. The van der Waals surface area contributed by atoms with E-state index in [4.69, 9.17) is 11.6 Å². The molecule has 1 rings (SSSR count). The molecule has 0 aromatic heterocycles. The molecule has 3 amide bonds. The van der Waals surface area contributed by atoms with Crippen LogP contribution in [0.15, 0.2) is 18.2 Å². The highest BCUT2D eigenvalue weighted by atomic mass is 35.5. The second kappa shape index (κ2) is 7.63. The summed E-state index contributed by atoms with van der Waals surface area (Å²) >= 11 is 6.01. The smallest absolute Gasteiger partial charge is 0.321 e. The van der Waals surface area contributed by atoms with Gasteiger partial charge in [-0.2, -0.15) is 0 Å². The fourth-order valence-electron chi connectivity index (χ4n) is 1.39. The van der Waals surface area contributed by atoms with Gasteiger partial charge in [0.2, 0.25) is 5.91 Å². The molecule has 0 unspecified atom stereocenters. The Morgan fingerprint density at radius 2 is 2.05 bits per heavy atom. The number of rotatable bonds is 5. The first-order chi connectivity index (χ1) is 9.02. The maximum Gasteiger partial charge on any atom is 0.321 e. The average molecular weight is 284 g/mol. The van der Waals surface area contributed by atoms with Crippen molar-refractivity contribution >= 4 is 29.2 Å². The Balaban J connectivity index is 2.39. The molecule has 0 radical (unpaired) electrons. The van der Waals surface area contributed by atoms with Gasteiger partial charge in [0.25, 0.3) is 0 Å². The predicted octanol–water partition coefficient (Wildman–Crippen LogP) is 2.30. The molecule has 5 nitrogen and oxygen atoms in total. The lowest BCUT2D eigenvalue weighted by molar-refractivity contribution is -0.118. The molecule has 6 heteroatoms. The van der Waals surface area contributed by atoms with E-state index in [2.05, 4.69) is 16.0 Å². The van der Waals surface area contributed by atoms with Crippen LogP contribution in [-0.4, -0.2) is 25.0 Å². The first-order valence-electron chi connectivity index (χ1n) is 6.10. The summed E-state index contributed by atoms with van der Waals surface area (Å²) in [6, 6.07) is 5.00. The number of benzene rings is 1. The van der Waals surface area contributed by atoms with Crippen molar-refractivity contribution in [3.63, 3.8) is 0 Å². The molecule has 0 heterocycles. The number of anilines is 1. The first-order valence-corrected chi connectivity index (χ1v) is 6.48. The van der Waals surface area contributed by atoms with Crippen molar-refractivity contribution in [3.8, 4) is 0 Å². The van der Waals surface area contributed by atoms with Crippen LogP contribution in [0.3, 0.4) is 0 Å². The van der Waals surface area contributed by atoms with E-state index in [1.54, 1.807) is 12.1 Å².